The zero-order valence-electron chi connectivity index (χ0n) is 11.9. The Balaban J connectivity index is 2.55. The fourth-order valence-corrected chi connectivity index (χ4v) is 2.89. The molecule has 0 radical (unpaired) electrons. The summed E-state index contributed by atoms with van der Waals surface area (Å²) >= 11 is 9.83. The lowest BCUT2D eigenvalue weighted by Crippen LogP contribution is -2.31. The number of benzene rings is 1. The topological polar surface area (TPSA) is 65.1 Å². The molecule has 5 nitrogen and oxygen atoms in total. The van der Waals surface area contributed by atoms with Crippen molar-refractivity contribution in [3.63, 3.8) is 0 Å². The molecule has 2 rings (SSSR count). The number of nitrogens with one attached hydrogen (secondary N) is 1. The maximum atomic E-state index is 6.40. The number of methoxy groups -OCH3 is 1. The maximum absolute atomic E-state index is 6.40. The molecule has 0 aliphatic carbocycles. The van der Waals surface area contributed by atoms with Gasteiger partial charge in [-0.1, -0.05) is 30.7 Å². The molecule has 0 amide bonds. The first kappa shape index (κ1) is 16.3. The van der Waals surface area contributed by atoms with Crippen LogP contribution < -0.4 is 16.0 Å². The van der Waals surface area contributed by atoms with Crippen molar-refractivity contribution in [2.45, 2.75) is 25.9 Å². The molecule has 1 unspecified atom stereocenters. The van der Waals surface area contributed by atoms with Gasteiger partial charge in [0.15, 0.2) is 5.75 Å². The molecule has 0 saturated carbocycles. The highest BCUT2D eigenvalue weighted by molar-refractivity contribution is 9.10. The summed E-state index contributed by atoms with van der Waals surface area (Å²) in [5, 5.41) is 4.98. The molecule has 1 heterocycles. The number of aryl methyl sites for hydroxylation is 1. The highest BCUT2D eigenvalue weighted by Gasteiger charge is 2.25. The average Bonchev–Trinajstić information content (AvgIpc) is 2.88. The predicted octanol–water partition coefficient (Wildman–Crippen LogP) is 3.27. The molecule has 114 valence electrons. The van der Waals surface area contributed by atoms with Crippen LogP contribution >= 0.6 is 27.5 Å². The summed E-state index contributed by atoms with van der Waals surface area (Å²) in [6.07, 6.45) is 2.66. The van der Waals surface area contributed by atoms with Crippen LogP contribution in [0.2, 0.25) is 5.02 Å². The highest BCUT2D eigenvalue weighted by atomic mass is 79.9. The minimum Gasteiger partial charge on any atom is -0.493 e. The van der Waals surface area contributed by atoms with Crippen LogP contribution in [0.25, 0.3) is 0 Å². The summed E-state index contributed by atoms with van der Waals surface area (Å²) < 4.78 is 8.12. The lowest BCUT2D eigenvalue weighted by molar-refractivity contribution is 0.398. The SMILES string of the molecule is CCCn1ncc(OC)c1C(NN)c1cccc(Br)c1Cl. The lowest BCUT2D eigenvalue weighted by Gasteiger charge is -2.21. The van der Waals surface area contributed by atoms with Gasteiger partial charge in [-0.25, -0.2) is 5.43 Å². The number of aromatic nitrogens is 2. The molecule has 0 aliphatic heterocycles. The Morgan fingerprint density at radius 2 is 2.29 bits per heavy atom. The number of ether oxygens (including phenoxy) is 1. The van der Waals surface area contributed by atoms with Crippen LogP contribution in [0.4, 0.5) is 0 Å². The lowest BCUT2D eigenvalue weighted by atomic mass is 10.0. The molecule has 21 heavy (non-hydrogen) atoms. The Morgan fingerprint density at radius 3 is 2.90 bits per heavy atom. The molecule has 3 N–H and O–H groups in total. The van der Waals surface area contributed by atoms with Crippen molar-refractivity contribution < 1.29 is 4.74 Å². The minimum atomic E-state index is -0.306. The second kappa shape index (κ2) is 7.26. The van der Waals surface area contributed by atoms with E-state index in [1.165, 1.54) is 0 Å². The number of halogens is 2. The molecule has 2 aromatic rings. The smallest absolute Gasteiger partial charge is 0.161 e. The first-order chi connectivity index (χ1) is 10.1. The fraction of sp³-hybridized carbons (Fsp3) is 0.357. The number of hydrogen-bond acceptors (Lipinski definition) is 4. The minimum absolute atomic E-state index is 0.306. The van der Waals surface area contributed by atoms with E-state index in [2.05, 4.69) is 33.4 Å². The second-order valence-electron chi connectivity index (χ2n) is 4.56. The van der Waals surface area contributed by atoms with Crippen molar-refractivity contribution in [3.8, 4) is 5.75 Å². The third-order valence-electron chi connectivity index (χ3n) is 3.23. The van der Waals surface area contributed by atoms with Crippen molar-refractivity contribution in [2.24, 2.45) is 5.84 Å². The van der Waals surface area contributed by atoms with Gasteiger partial charge in [-0.15, -0.1) is 0 Å². The van der Waals surface area contributed by atoms with E-state index >= 15 is 0 Å². The van der Waals surface area contributed by atoms with Crippen LogP contribution in [0.3, 0.4) is 0 Å². The number of hydrazine groups is 1. The summed E-state index contributed by atoms with van der Waals surface area (Å²) in [6.45, 7) is 2.87. The Bertz CT molecular complexity index is 617. The normalized spacial score (nSPS) is 12.4. The van der Waals surface area contributed by atoms with Gasteiger partial charge in [0.05, 0.1) is 24.4 Å². The maximum Gasteiger partial charge on any atom is 0.161 e. The van der Waals surface area contributed by atoms with Gasteiger partial charge >= 0.3 is 0 Å². The van der Waals surface area contributed by atoms with Crippen molar-refractivity contribution in [3.05, 3.63) is 45.1 Å². The summed E-state index contributed by atoms with van der Waals surface area (Å²) in [5.74, 6) is 6.47. The van der Waals surface area contributed by atoms with E-state index in [1.807, 2.05) is 22.9 Å². The Labute approximate surface area is 137 Å². The molecular formula is C14H18BrClN4O. The summed E-state index contributed by atoms with van der Waals surface area (Å²) in [4.78, 5) is 0. The quantitative estimate of drug-likeness (QED) is 0.602. The fourth-order valence-electron chi connectivity index (χ4n) is 2.28. The number of nitrogens with two attached hydrogens (primary N) is 1. The monoisotopic (exact) mass is 372 g/mol. The van der Waals surface area contributed by atoms with Crippen LogP contribution in [0.15, 0.2) is 28.9 Å². The van der Waals surface area contributed by atoms with Gasteiger partial charge in [0.25, 0.3) is 0 Å². The van der Waals surface area contributed by atoms with Crippen molar-refractivity contribution in [1.82, 2.24) is 15.2 Å². The van der Waals surface area contributed by atoms with Gasteiger partial charge in [-0.2, -0.15) is 5.10 Å². The van der Waals surface area contributed by atoms with Crippen molar-refractivity contribution >= 4 is 27.5 Å². The molecule has 1 aromatic heterocycles. The van der Waals surface area contributed by atoms with E-state index in [4.69, 9.17) is 22.2 Å². The third kappa shape index (κ3) is 3.23. The number of hydrogen-bond donors (Lipinski definition) is 2. The van der Waals surface area contributed by atoms with E-state index < -0.39 is 0 Å². The van der Waals surface area contributed by atoms with Crippen LogP contribution in [0.5, 0.6) is 5.75 Å². The Kier molecular flexibility index (Phi) is 5.64. The van der Waals surface area contributed by atoms with Gasteiger partial charge < -0.3 is 4.74 Å². The molecule has 0 saturated heterocycles. The highest BCUT2D eigenvalue weighted by Crippen LogP contribution is 2.36. The zero-order chi connectivity index (χ0) is 15.4. The van der Waals surface area contributed by atoms with E-state index in [0.717, 1.165) is 28.7 Å². The van der Waals surface area contributed by atoms with E-state index in [0.29, 0.717) is 10.8 Å². The predicted molar refractivity (Wildman–Crippen MR) is 87.4 cm³/mol. The Hall–Kier alpha value is -1.08. The molecular weight excluding hydrogens is 356 g/mol. The summed E-state index contributed by atoms with van der Waals surface area (Å²) in [5.41, 5.74) is 4.54. The third-order valence-corrected chi connectivity index (χ3v) is 4.54. The van der Waals surface area contributed by atoms with Crippen LogP contribution in [-0.2, 0) is 6.54 Å². The molecule has 0 aliphatic rings. The molecule has 0 fully saturated rings. The molecule has 0 bridgehead atoms. The molecule has 7 heteroatoms. The van der Waals surface area contributed by atoms with Crippen molar-refractivity contribution in [1.29, 1.82) is 0 Å². The summed E-state index contributed by atoms with van der Waals surface area (Å²) in [7, 11) is 1.62. The van der Waals surface area contributed by atoms with Gasteiger partial charge in [-0.05, 0) is 34.0 Å². The van der Waals surface area contributed by atoms with Crippen LogP contribution in [-0.4, -0.2) is 16.9 Å². The van der Waals surface area contributed by atoms with Gasteiger partial charge in [0.1, 0.15) is 5.69 Å². The zero-order valence-corrected chi connectivity index (χ0v) is 14.3. The first-order valence-electron chi connectivity index (χ1n) is 6.63. The molecule has 1 atom stereocenters. The average molecular weight is 374 g/mol. The summed E-state index contributed by atoms with van der Waals surface area (Å²) in [6, 6.07) is 5.43. The van der Waals surface area contributed by atoms with Gasteiger partial charge in [0, 0.05) is 11.0 Å². The van der Waals surface area contributed by atoms with Gasteiger partial charge in [-0.3, -0.25) is 10.5 Å². The standard InChI is InChI=1S/C14H18BrClN4O/c1-3-7-20-14(11(21-2)8-18-20)13(19-17)9-5-4-6-10(15)12(9)16/h4-6,8,13,19H,3,7,17H2,1-2H3. The number of rotatable bonds is 6. The van der Waals surface area contributed by atoms with E-state index in [9.17, 15) is 0 Å². The van der Waals surface area contributed by atoms with Crippen molar-refractivity contribution in [2.75, 3.05) is 7.11 Å². The van der Waals surface area contributed by atoms with Gasteiger partial charge in [0.2, 0.25) is 0 Å². The van der Waals surface area contributed by atoms with Crippen LogP contribution in [0.1, 0.15) is 30.6 Å². The van der Waals surface area contributed by atoms with E-state index in [-0.39, 0.29) is 6.04 Å². The van der Waals surface area contributed by atoms with E-state index in [1.54, 1.807) is 13.3 Å². The second-order valence-corrected chi connectivity index (χ2v) is 5.80. The largest absolute Gasteiger partial charge is 0.493 e. The number of nitrogens with zero attached hydrogens (tertiary/aromatic N) is 2. The first-order valence-corrected chi connectivity index (χ1v) is 7.80. The Morgan fingerprint density at radius 1 is 1.52 bits per heavy atom. The molecule has 0 spiro atoms. The molecule has 1 aromatic carbocycles. The van der Waals surface area contributed by atoms with Crippen LogP contribution in [0, 0.1) is 0 Å².